The van der Waals surface area contributed by atoms with Crippen LogP contribution < -0.4 is 4.72 Å². The predicted octanol–water partition coefficient (Wildman–Crippen LogP) is 0.242. The molecule has 0 spiro atoms. The van der Waals surface area contributed by atoms with E-state index in [1.54, 1.807) is 29.2 Å². The second-order valence-electron chi connectivity index (χ2n) is 2.80. The van der Waals surface area contributed by atoms with Crippen molar-refractivity contribution in [3.8, 4) is 0 Å². The molecule has 2 rings (SSSR count). The number of aromatic nitrogens is 2. The van der Waals surface area contributed by atoms with Gasteiger partial charge in [0.25, 0.3) is 0 Å². The molecule has 0 aliphatic carbocycles. The monoisotopic (exact) mass is 211 g/mol. The molecule has 0 aromatic carbocycles. The molecule has 0 aliphatic heterocycles. The fraction of sp³-hybridized carbons (Fsp3) is 0.125. The number of imidazole rings is 1. The summed E-state index contributed by atoms with van der Waals surface area (Å²) in [4.78, 5) is 4.14. The minimum atomic E-state index is -3.36. The third-order valence-electron chi connectivity index (χ3n) is 1.96. The van der Waals surface area contributed by atoms with Crippen LogP contribution in [0.4, 0.5) is 0 Å². The highest BCUT2D eigenvalue weighted by molar-refractivity contribution is 7.89. The van der Waals surface area contributed by atoms with Crippen molar-refractivity contribution in [2.45, 2.75) is 4.90 Å². The molecule has 14 heavy (non-hydrogen) atoms. The van der Waals surface area contributed by atoms with Crippen LogP contribution in [0.3, 0.4) is 0 Å². The molecule has 0 radical (unpaired) electrons. The molecule has 0 fully saturated rings. The quantitative estimate of drug-likeness (QED) is 0.774. The van der Waals surface area contributed by atoms with E-state index in [0.29, 0.717) is 0 Å². The highest BCUT2D eigenvalue weighted by atomic mass is 32.2. The van der Waals surface area contributed by atoms with Crippen LogP contribution in [0.2, 0.25) is 0 Å². The van der Waals surface area contributed by atoms with E-state index in [1.165, 1.54) is 13.1 Å². The lowest BCUT2D eigenvalue weighted by molar-refractivity contribution is 0.588. The zero-order valence-corrected chi connectivity index (χ0v) is 8.32. The molecule has 0 aliphatic rings. The van der Waals surface area contributed by atoms with E-state index in [1.807, 2.05) is 0 Å². The van der Waals surface area contributed by atoms with Crippen molar-refractivity contribution in [1.29, 1.82) is 0 Å². The smallest absolute Gasteiger partial charge is 0.240 e. The summed E-state index contributed by atoms with van der Waals surface area (Å²) in [6, 6.07) is 3.10. The van der Waals surface area contributed by atoms with Crippen molar-refractivity contribution in [1.82, 2.24) is 14.1 Å². The number of pyridine rings is 1. The largest absolute Gasteiger partial charge is 0.306 e. The molecule has 0 saturated heterocycles. The van der Waals surface area contributed by atoms with Crippen LogP contribution >= 0.6 is 0 Å². The lowest BCUT2D eigenvalue weighted by Gasteiger charge is -2.02. The Bertz CT molecular complexity index is 559. The Morgan fingerprint density at radius 1 is 1.50 bits per heavy atom. The number of hydrogen-bond acceptors (Lipinski definition) is 3. The zero-order valence-electron chi connectivity index (χ0n) is 7.51. The van der Waals surface area contributed by atoms with Crippen molar-refractivity contribution in [3.63, 3.8) is 0 Å². The Morgan fingerprint density at radius 3 is 3.00 bits per heavy atom. The fourth-order valence-electron chi connectivity index (χ4n) is 1.18. The van der Waals surface area contributed by atoms with E-state index in [2.05, 4.69) is 9.71 Å². The van der Waals surface area contributed by atoms with Crippen LogP contribution in [-0.4, -0.2) is 24.9 Å². The van der Waals surface area contributed by atoms with Gasteiger partial charge >= 0.3 is 0 Å². The van der Waals surface area contributed by atoms with E-state index in [-0.39, 0.29) is 4.90 Å². The molecule has 74 valence electrons. The first-order valence-electron chi connectivity index (χ1n) is 3.99. The lowest BCUT2D eigenvalue weighted by atomic mass is 10.4. The summed E-state index contributed by atoms with van der Waals surface area (Å²) in [6.07, 6.45) is 4.88. The molecule has 6 heteroatoms. The van der Waals surface area contributed by atoms with Crippen molar-refractivity contribution < 1.29 is 8.42 Å². The molecule has 0 atom stereocenters. The van der Waals surface area contributed by atoms with Gasteiger partial charge in [0.15, 0.2) is 0 Å². The number of hydrogen-bond donors (Lipinski definition) is 1. The van der Waals surface area contributed by atoms with Crippen LogP contribution in [0, 0.1) is 0 Å². The second kappa shape index (κ2) is 3.07. The van der Waals surface area contributed by atoms with E-state index < -0.39 is 10.0 Å². The van der Waals surface area contributed by atoms with E-state index >= 15 is 0 Å². The lowest BCUT2D eigenvalue weighted by Crippen LogP contribution is -2.18. The Kier molecular flexibility index (Phi) is 2.01. The molecule has 2 aromatic heterocycles. The normalized spacial score (nSPS) is 12.1. The maximum atomic E-state index is 11.4. The molecule has 2 aromatic rings. The maximum Gasteiger partial charge on any atom is 0.240 e. The number of sulfonamides is 1. The Balaban J connectivity index is 2.65. The van der Waals surface area contributed by atoms with Gasteiger partial charge in [0.05, 0.1) is 22.9 Å². The van der Waals surface area contributed by atoms with Gasteiger partial charge in [-0.25, -0.2) is 18.1 Å². The van der Waals surface area contributed by atoms with Crippen molar-refractivity contribution >= 4 is 15.5 Å². The van der Waals surface area contributed by atoms with Crippen LogP contribution in [-0.2, 0) is 10.0 Å². The average molecular weight is 211 g/mol. The highest BCUT2D eigenvalue weighted by Gasteiger charge is 2.11. The number of fused-ring (bicyclic) bond motifs is 1. The average Bonchev–Trinajstić information content (AvgIpc) is 2.64. The van der Waals surface area contributed by atoms with Gasteiger partial charge in [-0.15, -0.1) is 0 Å². The first-order valence-corrected chi connectivity index (χ1v) is 5.47. The summed E-state index contributed by atoms with van der Waals surface area (Å²) >= 11 is 0. The second-order valence-corrected chi connectivity index (χ2v) is 4.68. The zero-order chi connectivity index (χ0) is 10.2. The Morgan fingerprint density at radius 2 is 2.29 bits per heavy atom. The van der Waals surface area contributed by atoms with E-state index in [9.17, 15) is 8.42 Å². The van der Waals surface area contributed by atoms with Gasteiger partial charge in [0.2, 0.25) is 10.0 Å². The van der Waals surface area contributed by atoms with Crippen LogP contribution in [0.25, 0.3) is 5.52 Å². The summed E-state index contributed by atoms with van der Waals surface area (Å²) in [6.45, 7) is 0. The molecule has 0 bridgehead atoms. The summed E-state index contributed by atoms with van der Waals surface area (Å²) in [5.41, 5.74) is 0.751. The van der Waals surface area contributed by atoms with Gasteiger partial charge in [-0.1, -0.05) is 0 Å². The molecular weight excluding hydrogens is 202 g/mol. The van der Waals surface area contributed by atoms with Crippen LogP contribution in [0.15, 0.2) is 35.7 Å². The van der Waals surface area contributed by atoms with E-state index in [4.69, 9.17) is 0 Å². The topological polar surface area (TPSA) is 63.5 Å². The number of nitrogens with zero attached hydrogens (tertiary/aromatic N) is 2. The minimum Gasteiger partial charge on any atom is -0.306 e. The molecular formula is C8H9N3O2S. The first kappa shape index (κ1) is 9.17. The first-order chi connectivity index (χ1) is 6.63. The Labute approximate surface area is 81.4 Å². The van der Waals surface area contributed by atoms with Gasteiger partial charge in [0, 0.05) is 6.20 Å². The van der Waals surface area contributed by atoms with Gasteiger partial charge < -0.3 is 4.40 Å². The Hall–Kier alpha value is -1.40. The highest BCUT2D eigenvalue weighted by Crippen LogP contribution is 2.11. The fourth-order valence-corrected chi connectivity index (χ4v) is 1.94. The third kappa shape index (κ3) is 1.38. The summed E-state index contributed by atoms with van der Waals surface area (Å²) in [5, 5.41) is 0. The maximum absolute atomic E-state index is 11.4. The molecule has 0 saturated carbocycles. The summed E-state index contributed by atoms with van der Waals surface area (Å²) < 4.78 is 26.9. The molecule has 5 nitrogen and oxygen atoms in total. The van der Waals surface area contributed by atoms with Crippen molar-refractivity contribution in [2.24, 2.45) is 0 Å². The summed E-state index contributed by atoms with van der Waals surface area (Å²) in [5.74, 6) is 0. The van der Waals surface area contributed by atoms with Gasteiger partial charge in [-0.3, -0.25) is 0 Å². The third-order valence-corrected chi connectivity index (χ3v) is 3.38. The SMILES string of the molecule is CNS(=O)(=O)c1ccn2cncc2c1. The summed E-state index contributed by atoms with van der Waals surface area (Å²) in [7, 11) is -1.97. The minimum absolute atomic E-state index is 0.244. The molecule has 0 amide bonds. The van der Waals surface area contributed by atoms with Crippen LogP contribution in [0.1, 0.15) is 0 Å². The molecule has 2 heterocycles. The standard InChI is InChI=1S/C8H9N3O2S/c1-9-14(12,13)8-2-3-11-6-10-5-7(11)4-8/h2-6,9H,1H3. The van der Waals surface area contributed by atoms with E-state index in [0.717, 1.165) is 5.52 Å². The number of nitrogens with one attached hydrogen (secondary N) is 1. The van der Waals surface area contributed by atoms with Gasteiger partial charge in [-0.2, -0.15) is 0 Å². The van der Waals surface area contributed by atoms with Gasteiger partial charge in [0.1, 0.15) is 0 Å². The molecule has 1 N–H and O–H groups in total. The van der Waals surface area contributed by atoms with Crippen molar-refractivity contribution in [2.75, 3.05) is 7.05 Å². The predicted molar refractivity (Wildman–Crippen MR) is 51.4 cm³/mol. The van der Waals surface area contributed by atoms with Crippen LogP contribution in [0.5, 0.6) is 0 Å². The van der Waals surface area contributed by atoms with Gasteiger partial charge in [-0.05, 0) is 19.2 Å². The molecule has 0 unspecified atom stereocenters. The number of rotatable bonds is 2. The van der Waals surface area contributed by atoms with Crippen molar-refractivity contribution in [3.05, 3.63) is 30.9 Å².